The van der Waals surface area contributed by atoms with Crippen molar-refractivity contribution in [3.8, 4) is 0 Å². The van der Waals surface area contributed by atoms with Gasteiger partial charge in [-0.1, -0.05) is 64.1 Å². The van der Waals surface area contributed by atoms with Crippen LogP contribution in [0.2, 0.25) is 0 Å². The summed E-state index contributed by atoms with van der Waals surface area (Å²) in [6.07, 6.45) is 4.57. The third kappa shape index (κ3) is 5.21. The second kappa shape index (κ2) is 8.33. The van der Waals surface area contributed by atoms with Gasteiger partial charge in [-0.2, -0.15) is 0 Å². The van der Waals surface area contributed by atoms with Crippen LogP contribution in [0.3, 0.4) is 0 Å². The molecule has 1 aliphatic rings. The van der Waals surface area contributed by atoms with Gasteiger partial charge in [0.2, 0.25) is 0 Å². The lowest BCUT2D eigenvalue weighted by atomic mass is 9.60. The van der Waals surface area contributed by atoms with Gasteiger partial charge in [-0.05, 0) is 89.0 Å². The van der Waals surface area contributed by atoms with Crippen LogP contribution >= 0.6 is 7.82 Å². The maximum absolute atomic E-state index is 10.9. The summed E-state index contributed by atoms with van der Waals surface area (Å²) < 4.78 is 15.5. The van der Waals surface area contributed by atoms with Crippen LogP contribution in [0.15, 0.2) is 30.3 Å². The summed E-state index contributed by atoms with van der Waals surface area (Å²) in [4.78, 5) is 17.7. The number of fused-ring (bicyclic) bond motifs is 1. The molecule has 4 nitrogen and oxygen atoms in total. The maximum Gasteiger partial charge on any atom is 0.469 e. The number of phosphoric ester groups is 1. The van der Waals surface area contributed by atoms with Crippen molar-refractivity contribution in [2.75, 3.05) is 0 Å². The number of hydrogen-bond donors (Lipinski definition) is 2. The predicted molar refractivity (Wildman–Crippen MR) is 128 cm³/mol. The summed E-state index contributed by atoms with van der Waals surface area (Å²) >= 11 is 0. The normalized spacial score (nSPS) is 18.0. The molecule has 1 aliphatic carbocycles. The summed E-state index contributed by atoms with van der Waals surface area (Å²) in [5.41, 5.74) is 10.4. The summed E-state index contributed by atoms with van der Waals surface area (Å²) in [5.74, 6) is 0. The number of allylic oxidation sites excluding steroid dienone is 1. The Balaban J connectivity index is 1.97. The molecule has 0 heterocycles. The van der Waals surface area contributed by atoms with Crippen molar-refractivity contribution in [2.24, 2.45) is 0 Å². The van der Waals surface area contributed by atoms with Gasteiger partial charge in [0.15, 0.2) is 0 Å². The highest BCUT2D eigenvalue weighted by Crippen LogP contribution is 2.49. The lowest BCUT2D eigenvalue weighted by Gasteiger charge is -2.44. The van der Waals surface area contributed by atoms with Gasteiger partial charge < -0.3 is 9.79 Å². The first-order valence-electron chi connectivity index (χ1n) is 10.8. The Morgan fingerprint density at radius 1 is 1.03 bits per heavy atom. The summed E-state index contributed by atoms with van der Waals surface area (Å²) in [6.45, 7) is 16.0. The number of rotatable bonds is 5. The lowest BCUT2D eigenvalue weighted by Crippen LogP contribution is -2.35. The van der Waals surface area contributed by atoms with Gasteiger partial charge in [-0.15, -0.1) is 0 Å². The van der Waals surface area contributed by atoms with Crippen molar-refractivity contribution in [3.05, 3.63) is 69.3 Å². The molecule has 0 atom stereocenters. The third-order valence-corrected chi connectivity index (χ3v) is 7.17. The Bertz CT molecular complexity index is 1060. The molecule has 0 unspecified atom stereocenters. The van der Waals surface area contributed by atoms with Crippen molar-refractivity contribution in [3.63, 3.8) is 0 Å². The SMILES string of the molecule is CC(=Cc1ccc(COP(=O)(O)O)cc1)c1cc(C)c2c(c1C)C(C)(C)CCC2(C)C. The molecule has 2 aromatic carbocycles. The standard InChI is InChI=1S/C26H35O4P/c1-17(14-20-8-10-21(11-9-20)16-30-31(27,28)29)22-15-18(2)23-24(19(22)3)26(6,7)13-12-25(23,4)5/h8-11,14-15H,12-13,16H2,1-7H3,(H2,27,28,29). The Hall–Kier alpha value is -1.71. The highest BCUT2D eigenvalue weighted by molar-refractivity contribution is 7.46. The zero-order valence-electron chi connectivity index (χ0n) is 19.7. The topological polar surface area (TPSA) is 66.8 Å². The lowest BCUT2D eigenvalue weighted by molar-refractivity contribution is 0.189. The van der Waals surface area contributed by atoms with E-state index in [1.165, 1.54) is 46.2 Å². The van der Waals surface area contributed by atoms with E-state index in [4.69, 9.17) is 9.79 Å². The molecular formula is C26H35O4P. The molecule has 0 bridgehead atoms. The van der Waals surface area contributed by atoms with Gasteiger partial charge in [-0.25, -0.2) is 4.57 Å². The predicted octanol–water partition coefficient (Wildman–Crippen LogP) is 6.82. The van der Waals surface area contributed by atoms with Crippen LogP contribution in [0.5, 0.6) is 0 Å². The Labute approximate surface area is 186 Å². The van der Waals surface area contributed by atoms with Crippen LogP contribution in [0.1, 0.15) is 86.4 Å². The van der Waals surface area contributed by atoms with Crippen molar-refractivity contribution >= 4 is 19.5 Å². The van der Waals surface area contributed by atoms with E-state index in [2.05, 4.69) is 65.1 Å². The number of aryl methyl sites for hydroxylation is 1. The monoisotopic (exact) mass is 442 g/mol. The number of phosphoric acid groups is 1. The number of benzene rings is 2. The molecule has 0 aromatic heterocycles. The molecule has 2 aromatic rings. The van der Waals surface area contributed by atoms with Crippen LogP contribution in [0, 0.1) is 13.8 Å². The molecule has 31 heavy (non-hydrogen) atoms. The molecule has 0 fully saturated rings. The summed E-state index contributed by atoms with van der Waals surface area (Å²) in [5, 5.41) is 0. The zero-order valence-corrected chi connectivity index (χ0v) is 20.6. The van der Waals surface area contributed by atoms with Crippen molar-refractivity contribution in [2.45, 2.75) is 78.7 Å². The molecule has 0 aliphatic heterocycles. The van der Waals surface area contributed by atoms with Gasteiger partial charge in [0.25, 0.3) is 0 Å². The van der Waals surface area contributed by atoms with Crippen LogP contribution in [-0.4, -0.2) is 9.79 Å². The van der Waals surface area contributed by atoms with E-state index in [1.54, 1.807) is 0 Å². The first kappa shape index (κ1) is 23.9. The zero-order chi connectivity index (χ0) is 23.2. The van der Waals surface area contributed by atoms with Crippen LogP contribution < -0.4 is 0 Å². The Morgan fingerprint density at radius 3 is 2.13 bits per heavy atom. The van der Waals surface area contributed by atoms with Crippen molar-refractivity contribution in [1.29, 1.82) is 0 Å². The first-order chi connectivity index (χ1) is 14.2. The van der Waals surface area contributed by atoms with Gasteiger partial charge in [0.1, 0.15) is 0 Å². The van der Waals surface area contributed by atoms with E-state index >= 15 is 0 Å². The molecule has 2 N–H and O–H groups in total. The molecule has 0 amide bonds. The molecule has 3 rings (SSSR count). The second-order valence-electron chi connectivity index (χ2n) is 10.2. The highest BCUT2D eigenvalue weighted by atomic mass is 31.2. The Kier molecular flexibility index (Phi) is 6.43. The fourth-order valence-electron chi connectivity index (χ4n) is 5.12. The minimum atomic E-state index is -4.46. The summed E-state index contributed by atoms with van der Waals surface area (Å²) in [6, 6.07) is 9.92. The van der Waals surface area contributed by atoms with E-state index in [9.17, 15) is 4.57 Å². The van der Waals surface area contributed by atoms with Gasteiger partial charge in [-0.3, -0.25) is 4.52 Å². The van der Waals surface area contributed by atoms with Crippen LogP contribution in [0.25, 0.3) is 11.6 Å². The van der Waals surface area contributed by atoms with E-state index in [1.807, 2.05) is 24.3 Å². The van der Waals surface area contributed by atoms with Crippen molar-refractivity contribution < 1.29 is 18.9 Å². The van der Waals surface area contributed by atoms with Gasteiger partial charge in [0, 0.05) is 0 Å². The fraction of sp³-hybridized carbons (Fsp3) is 0.462. The summed E-state index contributed by atoms with van der Waals surface area (Å²) in [7, 11) is -4.46. The van der Waals surface area contributed by atoms with E-state index in [-0.39, 0.29) is 17.4 Å². The van der Waals surface area contributed by atoms with Crippen LogP contribution in [-0.2, 0) is 26.5 Å². The molecule has 0 saturated carbocycles. The second-order valence-corrected chi connectivity index (χ2v) is 11.5. The third-order valence-electron chi connectivity index (χ3n) is 6.70. The molecule has 0 spiro atoms. The van der Waals surface area contributed by atoms with Crippen molar-refractivity contribution in [1.82, 2.24) is 0 Å². The molecular weight excluding hydrogens is 407 g/mol. The van der Waals surface area contributed by atoms with E-state index in [0.29, 0.717) is 0 Å². The number of hydrogen-bond acceptors (Lipinski definition) is 2. The van der Waals surface area contributed by atoms with Gasteiger partial charge in [0.05, 0.1) is 6.61 Å². The Morgan fingerprint density at radius 2 is 1.58 bits per heavy atom. The molecule has 5 heteroatoms. The quantitative estimate of drug-likeness (QED) is 0.394. The largest absolute Gasteiger partial charge is 0.469 e. The fourth-order valence-corrected chi connectivity index (χ4v) is 5.43. The maximum atomic E-state index is 10.9. The smallest absolute Gasteiger partial charge is 0.303 e. The van der Waals surface area contributed by atoms with E-state index in [0.717, 1.165) is 11.1 Å². The molecule has 168 valence electrons. The molecule has 0 radical (unpaired) electrons. The minimum absolute atomic E-state index is 0.110. The highest BCUT2D eigenvalue weighted by Gasteiger charge is 2.39. The minimum Gasteiger partial charge on any atom is -0.303 e. The first-order valence-corrected chi connectivity index (χ1v) is 12.4. The van der Waals surface area contributed by atoms with Gasteiger partial charge >= 0.3 is 7.82 Å². The average molecular weight is 443 g/mol. The van der Waals surface area contributed by atoms with E-state index < -0.39 is 7.82 Å². The average Bonchev–Trinajstić information content (AvgIpc) is 2.65. The van der Waals surface area contributed by atoms with Crippen LogP contribution in [0.4, 0.5) is 0 Å². The molecule has 0 saturated heterocycles.